The third-order valence-corrected chi connectivity index (χ3v) is 6.39. The molecule has 2 aliphatic heterocycles. The van der Waals surface area contributed by atoms with Gasteiger partial charge in [0, 0.05) is 31.4 Å². The number of nitrogens with one attached hydrogen (secondary N) is 3. The van der Waals surface area contributed by atoms with Crippen LogP contribution in [-0.4, -0.2) is 77.8 Å². The lowest BCUT2D eigenvalue weighted by molar-refractivity contribution is -0.131. The first kappa shape index (κ1) is 18.9. The Labute approximate surface area is 153 Å². The summed E-state index contributed by atoms with van der Waals surface area (Å²) in [6.45, 7) is 2.59. The Bertz CT molecular complexity index is 465. The van der Waals surface area contributed by atoms with E-state index in [1.165, 1.54) is 0 Å². The fraction of sp³-hybridized carbons (Fsp3) is 0.882. The second kappa shape index (κ2) is 9.21. The molecule has 2 heterocycles. The zero-order chi connectivity index (χ0) is 17.6. The van der Waals surface area contributed by atoms with Crippen molar-refractivity contribution < 1.29 is 14.7 Å². The highest BCUT2D eigenvalue weighted by atomic mass is 32.2. The van der Waals surface area contributed by atoms with Crippen LogP contribution in [0.25, 0.3) is 0 Å². The maximum Gasteiger partial charge on any atom is 0.240 e. The van der Waals surface area contributed by atoms with E-state index < -0.39 is 0 Å². The van der Waals surface area contributed by atoms with Crippen molar-refractivity contribution in [3.63, 3.8) is 0 Å². The zero-order valence-corrected chi connectivity index (χ0v) is 15.5. The van der Waals surface area contributed by atoms with Crippen LogP contribution in [0.1, 0.15) is 32.1 Å². The predicted octanol–water partition coefficient (Wildman–Crippen LogP) is -0.493. The smallest absolute Gasteiger partial charge is 0.240 e. The van der Waals surface area contributed by atoms with Crippen molar-refractivity contribution in [2.24, 2.45) is 5.92 Å². The summed E-state index contributed by atoms with van der Waals surface area (Å²) in [5, 5.41) is 19.1. The summed E-state index contributed by atoms with van der Waals surface area (Å²) in [5.41, 5.74) is 0. The third-order valence-electron chi connectivity index (χ3n) is 5.42. The molecule has 3 fully saturated rings. The van der Waals surface area contributed by atoms with Gasteiger partial charge in [-0.05, 0) is 38.0 Å². The van der Waals surface area contributed by atoms with Gasteiger partial charge in [-0.15, -0.1) is 11.8 Å². The van der Waals surface area contributed by atoms with E-state index in [9.17, 15) is 14.7 Å². The van der Waals surface area contributed by atoms with Crippen LogP contribution < -0.4 is 16.0 Å². The summed E-state index contributed by atoms with van der Waals surface area (Å²) < 4.78 is 0. The van der Waals surface area contributed by atoms with Gasteiger partial charge >= 0.3 is 0 Å². The molecule has 3 rings (SSSR count). The third kappa shape index (κ3) is 5.57. The van der Waals surface area contributed by atoms with Gasteiger partial charge in [0.25, 0.3) is 0 Å². The highest BCUT2D eigenvalue weighted by molar-refractivity contribution is 7.99. The molecular weight excluding hydrogens is 340 g/mol. The molecule has 2 saturated heterocycles. The van der Waals surface area contributed by atoms with Crippen molar-refractivity contribution in [3.05, 3.63) is 0 Å². The number of hydrogen-bond donors (Lipinski definition) is 4. The van der Waals surface area contributed by atoms with Crippen molar-refractivity contribution in [1.82, 2.24) is 20.9 Å². The maximum atomic E-state index is 12.4. The summed E-state index contributed by atoms with van der Waals surface area (Å²) in [7, 11) is 0. The van der Waals surface area contributed by atoms with Gasteiger partial charge in [0.05, 0.1) is 24.6 Å². The number of carbonyl (C=O) groups is 2. The fourth-order valence-electron chi connectivity index (χ4n) is 3.80. The molecule has 142 valence electrons. The van der Waals surface area contributed by atoms with E-state index in [1.54, 1.807) is 11.8 Å². The van der Waals surface area contributed by atoms with E-state index in [0.717, 1.165) is 56.8 Å². The Hall–Kier alpha value is -0.830. The van der Waals surface area contributed by atoms with Gasteiger partial charge in [-0.1, -0.05) is 0 Å². The maximum absolute atomic E-state index is 12.4. The van der Waals surface area contributed by atoms with Gasteiger partial charge in [0.15, 0.2) is 0 Å². The zero-order valence-electron chi connectivity index (χ0n) is 14.7. The van der Waals surface area contributed by atoms with Gasteiger partial charge in [-0.2, -0.15) is 0 Å². The SMILES string of the molecule is O=C(CN[C@H]1CC[C@H](O)CC1)NC[C@@H]1CN[C@H](C(=O)N2CCSC2)C1. The average molecular weight is 371 g/mol. The van der Waals surface area contributed by atoms with Crippen LogP contribution in [0.5, 0.6) is 0 Å². The molecule has 8 heteroatoms. The Morgan fingerprint density at radius 3 is 2.76 bits per heavy atom. The first-order chi connectivity index (χ1) is 12.1. The van der Waals surface area contributed by atoms with Crippen molar-refractivity contribution in [2.45, 2.75) is 50.3 Å². The molecule has 0 radical (unpaired) electrons. The molecule has 0 aromatic rings. The van der Waals surface area contributed by atoms with Crippen LogP contribution >= 0.6 is 11.8 Å². The molecule has 3 aliphatic rings. The highest BCUT2D eigenvalue weighted by Crippen LogP contribution is 2.20. The molecule has 1 saturated carbocycles. The number of thioether (sulfide) groups is 1. The lowest BCUT2D eigenvalue weighted by atomic mass is 9.93. The Balaban J connectivity index is 1.29. The molecule has 0 aromatic heterocycles. The van der Waals surface area contributed by atoms with Crippen LogP contribution in [0, 0.1) is 5.92 Å². The molecule has 0 aromatic carbocycles. The van der Waals surface area contributed by atoms with E-state index in [0.29, 0.717) is 25.0 Å². The molecule has 0 unspecified atom stereocenters. The van der Waals surface area contributed by atoms with Crippen LogP contribution in [0.2, 0.25) is 0 Å². The Kier molecular flexibility index (Phi) is 6.98. The summed E-state index contributed by atoms with van der Waals surface area (Å²) >= 11 is 1.80. The molecule has 2 atom stereocenters. The largest absolute Gasteiger partial charge is 0.393 e. The summed E-state index contributed by atoms with van der Waals surface area (Å²) in [6, 6.07) is 0.245. The minimum atomic E-state index is -0.170. The first-order valence-corrected chi connectivity index (χ1v) is 10.6. The standard InChI is InChI=1S/C17H30N4O3S/c22-14-3-1-13(2-4-14)18-10-16(23)20-9-12-7-15(19-8-12)17(24)21-5-6-25-11-21/h12-15,18-19,22H,1-11H2,(H,20,23)/t12-,13-,14-,15-/m0/s1. The molecular formula is C17H30N4O3S. The summed E-state index contributed by atoms with van der Waals surface area (Å²) in [4.78, 5) is 26.3. The molecule has 4 N–H and O–H groups in total. The second-order valence-corrected chi connectivity index (χ2v) is 8.47. The minimum Gasteiger partial charge on any atom is -0.393 e. The fourth-order valence-corrected chi connectivity index (χ4v) is 4.75. The second-order valence-electron chi connectivity index (χ2n) is 7.39. The number of hydrogen-bond acceptors (Lipinski definition) is 6. The van der Waals surface area contributed by atoms with Crippen molar-refractivity contribution >= 4 is 23.6 Å². The normalized spacial score (nSPS) is 32.8. The van der Waals surface area contributed by atoms with Crippen LogP contribution in [0.3, 0.4) is 0 Å². The lowest BCUT2D eigenvalue weighted by Crippen LogP contribution is -2.42. The number of nitrogens with zero attached hydrogens (tertiary/aromatic N) is 1. The van der Waals surface area contributed by atoms with Crippen LogP contribution in [-0.2, 0) is 9.59 Å². The Morgan fingerprint density at radius 2 is 2.04 bits per heavy atom. The van der Waals surface area contributed by atoms with Crippen molar-refractivity contribution in [1.29, 1.82) is 0 Å². The molecule has 1 aliphatic carbocycles. The van der Waals surface area contributed by atoms with Gasteiger partial charge in [0.1, 0.15) is 0 Å². The van der Waals surface area contributed by atoms with Crippen molar-refractivity contribution in [2.75, 3.05) is 37.8 Å². The highest BCUT2D eigenvalue weighted by Gasteiger charge is 2.33. The Morgan fingerprint density at radius 1 is 1.24 bits per heavy atom. The van der Waals surface area contributed by atoms with Crippen LogP contribution in [0.15, 0.2) is 0 Å². The van der Waals surface area contributed by atoms with Crippen molar-refractivity contribution in [3.8, 4) is 0 Å². The van der Waals surface area contributed by atoms with E-state index in [2.05, 4.69) is 16.0 Å². The summed E-state index contributed by atoms with van der Waals surface area (Å²) in [6.07, 6.45) is 4.13. The molecule has 0 spiro atoms. The molecule has 0 bridgehead atoms. The molecule has 7 nitrogen and oxygen atoms in total. The molecule has 25 heavy (non-hydrogen) atoms. The van der Waals surface area contributed by atoms with E-state index in [1.807, 2.05) is 4.90 Å². The van der Waals surface area contributed by atoms with E-state index >= 15 is 0 Å². The number of amides is 2. The van der Waals surface area contributed by atoms with Gasteiger partial charge in [0.2, 0.25) is 11.8 Å². The number of carbonyl (C=O) groups excluding carboxylic acids is 2. The number of aliphatic hydroxyl groups is 1. The van der Waals surface area contributed by atoms with E-state index in [4.69, 9.17) is 0 Å². The van der Waals surface area contributed by atoms with Gasteiger partial charge in [-0.3, -0.25) is 9.59 Å². The van der Waals surface area contributed by atoms with Gasteiger partial charge < -0.3 is 26.0 Å². The quantitative estimate of drug-likeness (QED) is 0.504. The topological polar surface area (TPSA) is 93.7 Å². The monoisotopic (exact) mass is 370 g/mol. The minimum absolute atomic E-state index is 0.0110. The number of rotatable bonds is 6. The lowest BCUT2D eigenvalue weighted by Gasteiger charge is -2.26. The number of aliphatic hydroxyl groups excluding tert-OH is 1. The molecule has 2 amide bonds. The average Bonchev–Trinajstić information content (AvgIpc) is 3.30. The van der Waals surface area contributed by atoms with Crippen LogP contribution in [0.4, 0.5) is 0 Å². The van der Waals surface area contributed by atoms with Gasteiger partial charge in [-0.25, -0.2) is 0 Å². The first-order valence-electron chi connectivity index (χ1n) is 9.40. The van der Waals surface area contributed by atoms with E-state index in [-0.39, 0.29) is 24.0 Å². The summed E-state index contributed by atoms with van der Waals surface area (Å²) in [5.74, 6) is 2.38. The predicted molar refractivity (Wildman–Crippen MR) is 98.2 cm³/mol.